The lowest BCUT2D eigenvalue weighted by Gasteiger charge is -2.15. The Labute approximate surface area is 239 Å². The molecule has 0 fully saturated rings. The minimum absolute atomic E-state index is 0.0723. The van der Waals surface area contributed by atoms with E-state index in [1.54, 1.807) is 0 Å². The predicted octanol–water partition coefficient (Wildman–Crippen LogP) is 9.11. The predicted molar refractivity (Wildman–Crippen MR) is 164 cm³/mol. The van der Waals surface area contributed by atoms with Crippen molar-refractivity contribution in [2.75, 3.05) is 13.2 Å². The first-order valence-corrected chi connectivity index (χ1v) is 15.7. The van der Waals surface area contributed by atoms with Gasteiger partial charge in [0.05, 0.1) is 6.61 Å². The van der Waals surface area contributed by atoms with Gasteiger partial charge in [0.1, 0.15) is 6.61 Å². The van der Waals surface area contributed by atoms with Crippen molar-refractivity contribution in [2.45, 2.75) is 142 Å². The zero-order valence-corrected chi connectivity index (χ0v) is 25.1. The number of allylic oxidation sites excluding steroid dienone is 8. The van der Waals surface area contributed by atoms with Crippen LogP contribution in [0.4, 0.5) is 0 Å². The molecule has 0 aromatic rings. The molecule has 0 aliphatic carbocycles. The topological polar surface area (TPSA) is 72.8 Å². The Balaban J connectivity index is 3.55. The van der Waals surface area contributed by atoms with Crippen LogP contribution < -0.4 is 0 Å². The normalized spacial score (nSPS) is 12.8. The van der Waals surface area contributed by atoms with E-state index in [2.05, 4.69) is 62.5 Å². The van der Waals surface area contributed by atoms with E-state index in [1.807, 2.05) is 0 Å². The van der Waals surface area contributed by atoms with E-state index in [1.165, 1.54) is 32.1 Å². The third-order valence-electron chi connectivity index (χ3n) is 6.39. The summed E-state index contributed by atoms with van der Waals surface area (Å²) in [6.07, 6.45) is 36.4. The third kappa shape index (κ3) is 28.7. The van der Waals surface area contributed by atoms with Crippen molar-refractivity contribution in [1.82, 2.24) is 0 Å². The zero-order chi connectivity index (χ0) is 28.7. The first-order chi connectivity index (χ1) is 19.1. The number of carbonyl (C=O) groups is 2. The number of rotatable bonds is 27. The molecule has 0 amide bonds. The number of carbonyl (C=O) groups excluding carboxylic acids is 2. The molecule has 0 rings (SSSR count). The number of aliphatic hydroxyl groups is 1. The molecular weight excluding hydrogens is 488 g/mol. The van der Waals surface area contributed by atoms with E-state index >= 15 is 0 Å². The third-order valence-corrected chi connectivity index (χ3v) is 6.39. The van der Waals surface area contributed by atoms with Crippen LogP contribution in [0.3, 0.4) is 0 Å². The maximum absolute atomic E-state index is 12.0. The molecule has 0 aromatic carbocycles. The van der Waals surface area contributed by atoms with Gasteiger partial charge in [-0.05, 0) is 51.4 Å². The largest absolute Gasteiger partial charge is 0.462 e. The first kappa shape index (κ1) is 36.9. The van der Waals surface area contributed by atoms with Crippen LogP contribution in [0.2, 0.25) is 0 Å². The molecule has 5 heteroatoms. The van der Waals surface area contributed by atoms with E-state index < -0.39 is 6.10 Å². The van der Waals surface area contributed by atoms with Crippen LogP contribution in [0, 0.1) is 0 Å². The average molecular weight is 547 g/mol. The second kappa shape index (κ2) is 30.4. The molecule has 0 aliphatic heterocycles. The Morgan fingerprint density at radius 2 is 1.10 bits per heavy atom. The van der Waals surface area contributed by atoms with Crippen molar-refractivity contribution >= 4 is 11.9 Å². The Morgan fingerprint density at radius 1 is 0.615 bits per heavy atom. The SMILES string of the molecule is CC/C=C\C/C=C\C/C=C\C/C=C\CCCCCCCCCCC(=O)OC(CO)COC(=O)CCCCCC. The summed E-state index contributed by atoms with van der Waals surface area (Å²) in [4.78, 5) is 23.7. The summed E-state index contributed by atoms with van der Waals surface area (Å²) in [5, 5.41) is 9.40. The van der Waals surface area contributed by atoms with Crippen LogP contribution in [0.15, 0.2) is 48.6 Å². The van der Waals surface area contributed by atoms with Gasteiger partial charge in [-0.25, -0.2) is 0 Å². The lowest BCUT2D eigenvalue weighted by atomic mass is 10.1. The molecule has 0 heterocycles. The average Bonchev–Trinajstić information content (AvgIpc) is 2.94. The minimum Gasteiger partial charge on any atom is -0.462 e. The van der Waals surface area contributed by atoms with Gasteiger partial charge in [0.25, 0.3) is 0 Å². The Morgan fingerprint density at radius 3 is 1.67 bits per heavy atom. The highest BCUT2D eigenvalue weighted by atomic mass is 16.6. The molecule has 1 N–H and O–H groups in total. The van der Waals surface area contributed by atoms with Crippen LogP contribution in [-0.2, 0) is 19.1 Å². The van der Waals surface area contributed by atoms with Crippen LogP contribution in [-0.4, -0.2) is 36.4 Å². The fourth-order valence-electron chi connectivity index (χ4n) is 4.01. The standard InChI is InChI=1S/C34H58O5/c1-3-5-7-9-10-11-12-13-14-15-16-17-18-19-20-21-22-23-24-25-27-29-34(37)39-32(30-35)31-38-33(36)28-26-8-6-4-2/h5,7,10-11,13-14,16-17,32,35H,3-4,6,8-9,12,15,18-31H2,1-2H3/b7-5-,11-10-,14-13-,17-16-. The Kier molecular flexibility index (Phi) is 28.7. The molecule has 0 aromatic heterocycles. The lowest BCUT2D eigenvalue weighted by molar-refractivity contribution is -0.161. The van der Waals surface area contributed by atoms with E-state index in [-0.39, 0.29) is 25.2 Å². The molecule has 0 radical (unpaired) electrons. The number of hydrogen-bond acceptors (Lipinski definition) is 5. The van der Waals surface area contributed by atoms with Gasteiger partial charge in [0, 0.05) is 12.8 Å². The fraction of sp³-hybridized carbons (Fsp3) is 0.706. The van der Waals surface area contributed by atoms with Gasteiger partial charge in [-0.2, -0.15) is 0 Å². The second-order valence-corrected chi connectivity index (χ2v) is 10.2. The van der Waals surface area contributed by atoms with Gasteiger partial charge in [-0.15, -0.1) is 0 Å². The van der Waals surface area contributed by atoms with E-state index in [9.17, 15) is 14.7 Å². The quantitative estimate of drug-likeness (QED) is 0.0632. The van der Waals surface area contributed by atoms with Gasteiger partial charge in [0.15, 0.2) is 6.10 Å². The second-order valence-electron chi connectivity index (χ2n) is 10.2. The smallest absolute Gasteiger partial charge is 0.306 e. The Bertz CT molecular complexity index is 677. The number of ether oxygens (including phenoxy) is 2. The number of hydrogen-bond donors (Lipinski definition) is 1. The van der Waals surface area contributed by atoms with Gasteiger partial charge >= 0.3 is 11.9 Å². The van der Waals surface area contributed by atoms with Gasteiger partial charge in [-0.1, -0.05) is 120 Å². The molecule has 224 valence electrons. The zero-order valence-electron chi connectivity index (χ0n) is 25.1. The summed E-state index contributed by atoms with van der Waals surface area (Å²) >= 11 is 0. The molecule has 0 saturated carbocycles. The molecule has 0 spiro atoms. The van der Waals surface area contributed by atoms with Crippen LogP contribution in [0.5, 0.6) is 0 Å². The molecule has 1 unspecified atom stereocenters. The van der Waals surface area contributed by atoms with Gasteiger partial charge in [-0.3, -0.25) is 9.59 Å². The highest BCUT2D eigenvalue weighted by molar-refractivity contribution is 5.70. The Hall–Kier alpha value is -2.14. The first-order valence-electron chi connectivity index (χ1n) is 15.7. The fourth-order valence-corrected chi connectivity index (χ4v) is 4.01. The summed E-state index contributed by atoms with van der Waals surface area (Å²) < 4.78 is 10.4. The van der Waals surface area contributed by atoms with Crippen molar-refractivity contribution in [2.24, 2.45) is 0 Å². The van der Waals surface area contributed by atoms with Crippen molar-refractivity contribution in [3.8, 4) is 0 Å². The highest BCUT2D eigenvalue weighted by Crippen LogP contribution is 2.12. The van der Waals surface area contributed by atoms with Crippen molar-refractivity contribution < 1.29 is 24.2 Å². The number of esters is 2. The summed E-state index contributed by atoms with van der Waals surface area (Å²) in [7, 11) is 0. The monoisotopic (exact) mass is 546 g/mol. The number of aliphatic hydroxyl groups excluding tert-OH is 1. The summed E-state index contributed by atoms with van der Waals surface area (Å²) in [6.45, 7) is 3.87. The molecule has 39 heavy (non-hydrogen) atoms. The molecular formula is C34H58O5. The van der Waals surface area contributed by atoms with Crippen molar-refractivity contribution in [3.63, 3.8) is 0 Å². The van der Waals surface area contributed by atoms with E-state index in [0.717, 1.165) is 77.0 Å². The highest BCUT2D eigenvalue weighted by Gasteiger charge is 2.16. The van der Waals surface area contributed by atoms with Crippen LogP contribution >= 0.6 is 0 Å². The lowest BCUT2D eigenvalue weighted by Crippen LogP contribution is -2.28. The van der Waals surface area contributed by atoms with Crippen molar-refractivity contribution in [3.05, 3.63) is 48.6 Å². The minimum atomic E-state index is -0.770. The summed E-state index contributed by atoms with van der Waals surface area (Å²) in [6, 6.07) is 0. The van der Waals surface area contributed by atoms with Gasteiger partial charge in [0.2, 0.25) is 0 Å². The van der Waals surface area contributed by atoms with Crippen molar-refractivity contribution in [1.29, 1.82) is 0 Å². The van der Waals surface area contributed by atoms with Gasteiger partial charge < -0.3 is 14.6 Å². The molecule has 0 saturated heterocycles. The summed E-state index contributed by atoms with van der Waals surface area (Å²) in [5.41, 5.74) is 0. The number of unbranched alkanes of at least 4 members (excludes halogenated alkanes) is 11. The summed E-state index contributed by atoms with van der Waals surface area (Å²) in [5.74, 6) is -0.626. The van der Waals surface area contributed by atoms with E-state index in [0.29, 0.717) is 12.8 Å². The molecule has 0 bridgehead atoms. The molecule has 1 atom stereocenters. The maximum atomic E-state index is 12.0. The van der Waals surface area contributed by atoms with E-state index in [4.69, 9.17) is 9.47 Å². The molecule has 0 aliphatic rings. The molecule has 5 nitrogen and oxygen atoms in total. The van der Waals surface area contributed by atoms with Crippen LogP contribution in [0.25, 0.3) is 0 Å². The maximum Gasteiger partial charge on any atom is 0.306 e. The van der Waals surface area contributed by atoms with Crippen LogP contribution in [0.1, 0.15) is 136 Å².